The van der Waals surface area contributed by atoms with Crippen LogP contribution in [-0.2, 0) is 0 Å². The van der Waals surface area contributed by atoms with Crippen molar-refractivity contribution in [1.29, 1.82) is 0 Å². The van der Waals surface area contributed by atoms with E-state index in [9.17, 15) is 0 Å². The minimum atomic E-state index is 0.499. The first-order valence-electron chi connectivity index (χ1n) is 3.26. The number of hydrogen-bond acceptors (Lipinski definition) is 1. The van der Waals surface area contributed by atoms with Gasteiger partial charge in [0, 0.05) is 5.69 Å². The minimum Gasteiger partial charge on any atom is -0.341 e. The van der Waals surface area contributed by atoms with Gasteiger partial charge in [0.25, 0.3) is 0 Å². The van der Waals surface area contributed by atoms with Crippen molar-refractivity contribution in [2.45, 2.75) is 6.92 Å². The van der Waals surface area contributed by atoms with Gasteiger partial charge >= 0.3 is 0 Å². The average molecular weight is 183 g/mol. The van der Waals surface area contributed by atoms with Crippen molar-refractivity contribution in [3.8, 4) is 0 Å². The quantitative estimate of drug-likeness (QED) is 0.513. The molecular weight excluding hydrogens is 174 g/mol. The van der Waals surface area contributed by atoms with Crippen molar-refractivity contribution in [2.75, 3.05) is 5.32 Å². The van der Waals surface area contributed by atoms with E-state index in [1.165, 1.54) is 5.56 Å². The number of benzene rings is 1. The zero-order valence-corrected chi connectivity index (χ0v) is 7.88. The van der Waals surface area contributed by atoms with Gasteiger partial charge in [0.15, 0.2) is 0 Å². The molecule has 0 radical (unpaired) electrons. The molecule has 0 aliphatic carbocycles. The Morgan fingerprint density at radius 3 is 2.64 bits per heavy atom. The van der Waals surface area contributed by atoms with Gasteiger partial charge in [-0.3, -0.25) is 0 Å². The molecule has 1 aromatic rings. The van der Waals surface area contributed by atoms with Crippen LogP contribution in [0.25, 0.3) is 0 Å². The van der Waals surface area contributed by atoms with E-state index in [2.05, 4.69) is 17.9 Å². The topological polar surface area (TPSA) is 12.0 Å². The zero-order valence-electron chi connectivity index (χ0n) is 6.16. The van der Waals surface area contributed by atoms with E-state index in [4.69, 9.17) is 12.2 Å². The molecule has 0 fully saturated rings. The highest BCUT2D eigenvalue weighted by Gasteiger charge is 1.94. The van der Waals surface area contributed by atoms with E-state index in [1.54, 1.807) is 0 Å². The Bertz CT molecular complexity index is 271. The first-order valence-corrected chi connectivity index (χ1v) is 4.11. The first-order chi connectivity index (χ1) is 5.20. The van der Waals surface area contributed by atoms with Gasteiger partial charge in [0.2, 0.25) is 0 Å². The third-order valence-corrected chi connectivity index (χ3v) is 1.60. The SMILES string of the molecule is Cc1ccccc1NC(=S)S. The van der Waals surface area contributed by atoms with Crippen molar-refractivity contribution in [1.82, 2.24) is 0 Å². The normalized spacial score (nSPS) is 9.27. The van der Waals surface area contributed by atoms with Gasteiger partial charge in [0.1, 0.15) is 4.32 Å². The van der Waals surface area contributed by atoms with Crippen molar-refractivity contribution >= 4 is 34.9 Å². The molecule has 0 saturated heterocycles. The van der Waals surface area contributed by atoms with Crippen molar-refractivity contribution in [3.05, 3.63) is 29.8 Å². The third kappa shape index (κ3) is 2.52. The van der Waals surface area contributed by atoms with E-state index >= 15 is 0 Å². The molecule has 0 aliphatic heterocycles. The summed E-state index contributed by atoms with van der Waals surface area (Å²) < 4.78 is 0.499. The molecule has 0 bridgehead atoms. The molecular formula is C8H9NS2. The molecule has 0 heterocycles. The molecule has 1 rings (SSSR count). The molecule has 0 aromatic heterocycles. The van der Waals surface area contributed by atoms with Crippen LogP contribution >= 0.6 is 24.8 Å². The predicted molar refractivity (Wildman–Crippen MR) is 56.4 cm³/mol. The van der Waals surface area contributed by atoms with Gasteiger partial charge in [-0.25, -0.2) is 0 Å². The highest BCUT2D eigenvalue weighted by atomic mass is 32.1. The number of thiol groups is 1. The Balaban J connectivity index is 2.86. The fraction of sp³-hybridized carbons (Fsp3) is 0.125. The second kappa shape index (κ2) is 3.74. The summed E-state index contributed by atoms with van der Waals surface area (Å²) in [6.07, 6.45) is 0. The van der Waals surface area contributed by atoms with Crippen LogP contribution in [0.5, 0.6) is 0 Å². The van der Waals surface area contributed by atoms with Crippen LogP contribution in [0.1, 0.15) is 5.56 Å². The van der Waals surface area contributed by atoms with Crippen molar-refractivity contribution in [3.63, 3.8) is 0 Å². The maximum atomic E-state index is 4.79. The number of anilines is 1. The molecule has 0 aliphatic rings. The lowest BCUT2D eigenvalue weighted by atomic mass is 10.2. The van der Waals surface area contributed by atoms with Crippen LogP contribution in [-0.4, -0.2) is 4.32 Å². The second-order valence-corrected chi connectivity index (χ2v) is 3.40. The molecule has 3 heteroatoms. The number of nitrogens with one attached hydrogen (secondary N) is 1. The van der Waals surface area contributed by atoms with Gasteiger partial charge in [0.05, 0.1) is 0 Å². The largest absolute Gasteiger partial charge is 0.341 e. The van der Waals surface area contributed by atoms with Crippen LogP contribution in [0.4, 0.5) is 5.69 Å². The van der Waals surface area contributed by atoms with E-state index in [1.807, 2.05) is 31.2 Å². The van der Waals surface area contributed by atoms with Crippen LogP contribution in [0.15, 0.2) is 24.3 Å². The minimum absolute atomic E-state index is 0.499. The van der Waals surface area contributed by atoms with Crippen LogP contribution in [0, 0.1) is 6.92 Å². The molecule has 1 nitrogen and oxygen atoms in total. The maximum Gasteiger partial charge on any atom is 0.135 e. The van der Waals surface area contributed by atoms with Crippen molar-refractivity contribution < 1.29 is 0 Å². The monoisotopic (exact) mass is 183 g/mol. The summed E-state index contributed by atoms with van der Waals surface area (Å²) in [6.45, 7) is 2.02. The predicted octanol–water partition coefficient (Wildman–Crippen LogP) is 2.62. The van der Waals surface area contributed by atoms with Crippen molar-refractivity contribution in [2.24, 2.45) is 0 Å². The fourth-order valence-electron chi connectivity index (χ4n) is 0.828. The fourth-order valence-corrected chi connectivity index (χ4v) is 1.06. The van der Waals surface area contributed by atoms with Gasteiger partial charge in [-0.2, -0.15) is 0 Å². The maximum absolute atomic E-state index is 4.79. The van der Waals surface area contributed by atoms with E-state index in [0.29, 0.717) is 4.32 Å². The summed E-state index contributed by atoms with van der Waals surface area (Å²) in [5, 5.41) is 2.97. The summed E-state index contributed by atoms with van der Waals surface area (Å²) in [6, 6.07) is 7.94. The number of rotatable bonds is 1. The van der Waals surface area contributed by atoms with Crippen LogP contribution in [0.3, 0.4) is 0 Å². The molecule has 0 saturated carbocycles. The molecule has 0 unspecified atom stereocenters. The first kappa shape index (κ1) is 8.56. The Labute approximate surface area is 77.2 Å². The molecule has 11 heavy (non-hydrogen) atoms. The average Bonchev–Trinajstić information content (AvgIpc) is 1.93. The summed E-state index contributed by atoms with van der Waals surface area (Å²) in [4.78, 5) is 0. The Morgan fingerprint density at radius 2 is 2.09 bits per heavy atom. The highest BCUT2D eigenvalue weighted by molar-refractivity contribution is 8.11. The smallest absolute Gasteiger partial charge is 0.135 e. The molecule has 0 amide bonds. The number of hydrogen-bond donors (Lipinski definition) is 2. The van der Waals surface area contributed by atoms with Crippen LogP contribution < -0.4 is 5.32 Å². The molecule has 1 aromatic carbocycles. The van der Waals surface area contributed by atoms with Gasteiger partial charge < -0.3 is 5.32 Å². The molecule has 1 N–H and O–H groups in total. The van der Waals surface area contributed by atoms with Crippen LogP contribution in [0.2, 0.25) is 0 Å². The lowest BCUT2D eigenvalue weighted by Crippen LogP contribution is -2.01. The summed E-state index contributed by atoms with van der Waals surface area (Å²) in [5.41, 5.74) is 2.19. The standard InChI is InChI=1S/C8H9NS2/c1-6-4-2-3-5-7(6)9-8(10)11/h2-5H,1H3,(H2,9,10,11). The number of para-hydroxylation sites is 1. The highest BCUT2D eigenvalue weighted by Crippen LogP contribution is 2.13. The van der Waals surface area contributed by atoms with E-state index in [0.717, 1.165) is 5.69 Å². The molecule has 0 spiro atoms. The number of thiocarbonyl (C=S) groups is 1. The Morgan fingerprint density at radius 1 is 1.45 bits per heavy atom. The Kier molecular flexibility index (Phi) is 2.91. The number of aryl methyl sites for hydroxylation is 1. The van der Waals surface area contributed by atoms with E-state index in [-0.39, 0.29) is 0 Å². The second-order valence-electron chi connectivity index (χ2n) is 2.25. The van der Waals surface area contributed by atoms with Gasteiger partial charge in [-0.05, 0) is 18.6 Å². The van der Waals surface area contributed by atoms with Gasteiger partial charge in [-0.15, -0.1) is 12.6 Å². The lowest BCUT2D eigenvalue weighted by Gasteiger charge is -2.05. The summed E-state index contributed by atoms with van der Waals surface area (Å²) in [7, 11) is 0. The lowest BCUT2D eigenvalue weighted by molar-refractivity contribution is 1.46. The Hall–Kier alpha value is -0.540. The zero-order chi connectivity index (χ0) is 8.27. The molecule has 58 valence electrons. The van der Waals surface area contributed by atoms with Gasteiger partial charge in [-0.1, -0.05) is 30.4 Å². The molecule has 0 atom stereocenters. The van der Waals surface area contributed by atoms with E-state index < -0.39 is 0 Å². The summed E-state index contributed by atoms with van der Waals surface area (Å²) in [5.74, 6) is 0. The third-order valence-electron chi connectivity index (χ3n) is 1.39. The summed E-state index contributed by atoms with van der Waals surface area (Å²) >= 11 is 8.77.